The molecule has 3 N–H and O–H groups in total. The molecule has 20 heavy (non-hydrogen) atoms. The largest absolute Gasteiger partial charge is 0.399 e. The molecule has 8 heteroatoms. The zero-order chi connectivity index (χ0) is 15.3. The Morgan fingerprint density at radius 3 is 2.65 bits per heavy atom. The van der Waals surface area contributed by atoms with E-state index in [1.165, 1.54) is 6.92 Å². The van der Waals surface area contributed by atoms with Crippen molar-refractivity contribution in [2.75, 3.05) is 28.8 Å². The first kappa shape index (κ1) is 16.6. The minimum absolute atomic E-state index is 0.0512. The van der Waals surface area contributed by atoms with E-state index >= 15 is 0 Å². The third kappa shape index (κ3) is 5.70. The monoisotopic (exact) mass is 318 g/mol. The Morgan fingerprint density at radius 2 is 2.10 bits per heavy atom. The fourth-order valence-corrected chi connectivity index (χ4v) is 3.91. The molecule has 0 aromatic heterocycles. The molecule has 0 radical (unpaired) electrons. The Kier molecular flexibility index (Phi) is 5.70. The zero-order valence-corrected chi connectivity index (χ0v) is 13.0. The van der Waals surface area contributed by atoms with Crippen LogP contribution in [-0.2, 0) is 25.4 Å². The molecule has 1 aromatic carbocycles. The van der Waals surface area contributed by atoms with Gasteiger partial charge >= 0.3 is 0 Å². The third-order valence-corrected chi connectivity index (χ3v) is 5.39. The average molecular weight is 318 g/mol. The Bertz CT molecular complexity index is 614. The lowest BCUT2D eigenvalue weighted by Crippen LogP contribution is -2.31. The van der Waals surface area contributed by atoms with Gasteiger partial charge in [-0.1, -0.05) is 6.07 Å². The molecule has 0 spiro atoms. The number of nitrogens with two attached hydrogens (primary N) is 1. The highest BCUT2D eigenvalue weighted by Gasteiger charge is 2.21. The van der Waals surface area contributed by atoms with Crippen molar-refractivity contribution in [2.24, 2.45) is 0 Å². The highest BCUT2D eigenvalue weighted by atomic mass is 32.2. The van der Waals surface area contributed by atoms with Crippen LogP contribution in [0.1, 0.15) is 6.92 Å². The molecule has 0 fully saturated rings. The van der Waals surface area contributed by atoms with Crippen LogP contribution in [-0.4, -0.2) is 41.5 Å². The maximum Gasteiger partial charge on any atom is 0.239 e. The third-order valence-electron chi connectivity index (χ3n) is 2.57. The molecule has 1 rings (SSSR count). The molecule has 0 bridgehead atoms. The van der Waals surface area contributed by atoms with E-state index in [4.69, 9.17) is 5.73 Å². The lowest BCUT2D eigenvalue weighted by Gasteiger charge is -2.12. The Hall–Kier alpha value is -1.41. The summed E-state index contributed by atoms with van der Waals surface area (Å²) < 4.78 is 33.9. The van der Waals surface area contributed by atoms with Crippen molar-refractivity contribution >= 4 is 37.9 Å². The molecule has 6 nitrogen and oxygen atoms in total. The number of amides is 1. The first-order chi connectivity index (χ1) is 9.19. The molecule has 112 valence electrons. The van der Waals surface area contributed by atoms with E-state index < -0.39 is 31.8 Å². The highest BCUT2D eigenvalue weighted by Crippen LogP contribution is 2.12. The summed E-state index contributed by atoms with van der Waals surface area (Å²) in [5.41, 5.74) is 6.61. The van der Waals surface area contributed by atoms with Crippen LogP contribution in [0.3, 0.4) is 0 Å². The van der Waals surface area contributed by atoms with Gasteiger partial charge in [0.25, 0.3) is 0 Å². The Labute approximate surface area is 121 Å². The van der Waals surface area contributed by atoms with Gasteiger partial charge in [-0.2, -0.15) is 0 Å². The predicted molar refractivity (Wildman–Crippen MR) is 81.7 cm³/mol. The molecular formula is C12H18N2O4S2. The van der Waals surface area contributed by atoms with E-state index in [0.717, 1.165) is 6.26 Å². The number of carbonyl (C=O) groups is 1. The van der Waals surface area contributed by atoms with Gasteiger partial charge in [-0.15, -0.1) is 0 Å². The summed E-state index contributed by atoms with van der Waals surface area (Å²) in [7, 11) is -4.73. The van der Waals surface area contributed by atoms with Crippen molar-refractivity contribution in [1.29, 1.82) is 0 Å². The summed E-state index contributed by atoms with van der Waals surface area (Å²) in [6.07, 6.45) is 1.07. The topological polar surface area (TPSA) is 106 Å². The molecule has 2 unspecified atom stereocenters. The van der Waals surface area contributed by atoms with Crippen LogP contribution < -0.4 is 11.1 Å². The van der Waals surface area contributed by atoms with Crippen LogP contribution in [0.5, 0.6) is 0 Å². The van der Waals surface area contributed by atoms with Gasteiger partial charge in [0, 0.05) is 34.2 Å². The van der Waals surface area contributed by atoms with Crippen LogP contribution in [0.25, 0.3) is 0 Å². The van der Waals surface area contributed by atoms with Crippen molar-refractivity contribution in [1.82, 2.24) is 0 Å². The van der Waals surface area contributed by atoms with E-state index in [1.54, 1.807) is 24.3 Å². The Balaban J connectivity index is 2.60. The van der Waals surface area contributed by atoms with E-state index in [1.807, 2.05) is 0 Å². The number of anilines is 2. The molecule has 0 saturated carbocycles. The van der Waals surface area contributed by atoms with Crippen molar-refractivity contribution in [2.45, 2.75) is 12.2 Å². The number of hydrogen-bond donors (Lipinski definition) is 2. The van der Waals surface area contributed by atoms with Gasteiger partial charge in [-0.25, -0.2) is 8.42 Å². The molecule has 2 atom stereocenters. The molecule has 0 aliphatic rings. The van der Waals surface area contributed by atoms with Crippen LogP contribution in [0.4, 0.5) is 11.4 Å². The number of benzene rings is 1. The van der Waals surface area contributed by atoms with Crippen molar-refractivity contribution < 1.29 is 17.4 Å². The van der Waals surface area contributed by atoms with Gasteiger partial charge in [0.2, 0.25) is 5.91 Å². The summed E-state index contributed by atoms with van der Waals surface area (Å²) in [5, 5.41) is 1.81. The smallest absolute Gasteiger partial charge is 0.239 e. The SMILES string of the molecule is CC(C(=O)Nc1cccc(N)c1)S(=O)CCS(C)(=O)=O. The molecule has 1 amide bonds. The normalized spacial score (nSPS) is 14.5. The van der Waals surface area contributed by atoms with E-state index in [9.17, 15) is 17.4 Å². The van der Waals surface area contributed by atoms with Crippen molar-refractivity contribution in [3.8, 4) is 0 Å². The second-order valence-electron chi connectivity index (χ2n) is 4.47. The molecule has 0 aliphatic carbocycles. The van der Waals surface area contributed by atoms with Crippen LogP contribution in [0.15, 0.2) is 24.3 Å². The maximum absolute atomic E-state index is 11.9. The lowest BCUT2D eigenvalue weighted by molar-refractivity contribution is -0.115. The van der Waals surface area contributed by atoms with Gasteiger partial charge in [-0.3, -0.25) is 9.00 Å². The highest BCUT2D eigenvalue weighted by molar-refractivity contribution is 7.92. The summed E-state index contributed by atoms with van der Waals surface area (Å²) in [6.45, 7) is 1.50. The van der Waals surface area contributed by atoms with Gasteiger partial charge in [0.15, 0.2) is 0 Å². The number of rotatable bonds is 6. The zero-order valence-electron chi connectivity index (χ0n) is 11.3. The van der Waals surface area contributed by atoms with Crippen LogP contribution >= 0.6 is 0 Å². The number of carbonyl (C=O) groups excluding carboxylic acids is 1. The standard InChI is InChI=1S/C12H18N2O4S2/c1-9(19(16)6-7-20(2,17)18)12(15)14-11-5-3-4-10(13)8-11/h3-5,8-9H,6-7,13H2,1-2H3,(H,14,15). The lowest BCUT2D eigenvalue weighted by atomic mass is 10.3. The number of nitrogen functional groups attached to an aromatic ring is 1. The molecule has 1 aromatic rings. The summed E-state index contributed by atoms with van der Waals surface area (Å²) >= 11 is 0. The van der Waals surface area contributed by atoms with Gasteiger partial charge in [0.05, 0.1) is 5.75 Å². The van der Waals surface area contributed by atoms with Gasteiger partial charge in [-0.05, 0) is 25.1 Å². The van der Waals surface area contributed by atoms with Gasteiger partial charge in [0.1, 0.15) is 15.1 Å². The minimum atomic E-state index is -3.18. The quantitative estimate of drug-likeness (QED) is 0.738. The summed E-state index contributed by atoms with van der Waals surface area (Å²) in [5.74, 6) is -0.678. The molecular weight excluding hydrogens is 300 g/mol. The van der Waals surface area contributed by atoms with Crippen molar-refractivity contribution in [3.05, 3.63) is 24.3 Å². The Morgan fingerprint density at radius 1 is 1.45 bits per heavy atom. The summed E-state index contributed by atoms with van der Waals surface area (Å²) in [4.78, 5) is 11.9. The second kappa shape index (κ2) is 6.85. The summed E-state index contributed by atoms with van der Waals surface area (Å²) in [6, 6.07) is 6.63. The van der Waals surface area contributed by atoms with E-state index in [-0.39, 0.29) is 11.5 Å². The molecule has 0 aliphatic heterocycles. The maximum atomic E-state index is 11.9. The van der Waals surface area contributed by atoms with E-state index in [2.05, 4.69) is 5.32 Å². The number of hydrogen-bond acceptors (Lipinski definition) is 5. The average Bonchev–Trinajstić information content (AvgIpc) is 2.34. The number of nitrogens with one attached hydrogen (secondary N) is 1. The fourth-order valence-electron chi connectivity index (χ4n) is 1.39. The molecule has 0 heterocycles. The van der Waals surface area contributed by atoms with Crippen molar-refractivity contribution in [3.63, 3.8) is 0 Å². The first-order valence-electron chi connectivity index (χ1n) is 5.90. The first-order valence-corrected chi connectivity index (χ1v) is 9.34. The van der Waals surface area contributed by atoms with Crippen LogP contribution in [0, 0.1) is 0 Å². The number of sulfone groups is 1. The molecule has 0 saturated heterocycles. The minimum Gasteiger partial charge on any atom is -0.399 e. The predicted octanol–water partition coefficient (Wildman–Crippen LogP) is 0.389. The van der Waals surface area contributed by atoms with E-state index in [0.29, 0.717) is 11.4 Å². The van der Waals surface area contributed by atoms with Crippen LogP contribution in [0.2, 0.25) is 0 Å². The van der Waals surface area contributed by atoms with Gasteiger partial charge < -0.3 is 11.1 Å². The fraction of sp³-hybridized carbons (Fsp3) is 0.417. The second-order valence-corrected chi connectivity index (χ2v) is 8.61.